The molecule has 4 nitrogen and oxygen atoms in total. The summed E-state index contributed by atoms with van der Waals surface area (Å²) < 4.78 is 0. The lowest BCUT2D eigenvalue weighted by Crippen LogP contribution is -2.30. The standard InChI is InChI=1S/C12H15BN2O2/c1-7-3-9(4-8(2)11(7)13)6-15-10(16)5-14-12(15)17/h3-4H,5-6,13H2,1-2H3,(H,14,17). The topological polar surface area (TPSA) is 49.4 Å². The Hall–Kier alpha value is -1.78. The molecule has 0 unspecified atom stereocenters. The van der Waals surface area contributed by atoms with Crippen molar-refractivity contribution in [1.29, 1.82) is 0 Å². The number of imide groups is 1. The van der Waals surface area contributed by atoms with E-state index >= 15 is 0 Å². The van der Waals surface area contributed by atoms with Gasteiger partial charge >= 0.3 is 6.03 Å². The van der Waals surface area contributed by atoms with Crippen LogP contribution in [0.15, 0.2) is 12.1 Å². The fraction of sp³-hybridized carbons (Fsp3) is 0.333. The molecule has 1 saturated heterocycles. The van der Waals surface area contributed by atoms with Crippen molar-refractivity contribution < 1.29 is 9.59 Å². The summed E-state index contributed by atoms with van der Waals surface area (Å²) in [5.41, 5.74) is 4.63. The molecule has 2 rings (SSSR count). The Balaban J connectivity index is 2.25. The van der Waals surface area contributed by atoms with Crippen LogP contribution >= 0.6 is 0 Å². The van der Waals surface area contributed by atoms with Crippen molar-refractivity contribution in [2.75, 3.05) is 6.54 Å². The first-order chi connectivity index (χ1) is 7.99. The SMILES string of the molecule is Bc1c(C)cc(CN2C(=O)CNC2=O)cc1C. The molecule has 88 valence electrons. The Morgan fingerprint density at radius 3 is 2.35 bits per heavy atom. The van der Waals surface area contributed by atoms with Crippen molar-refractivity contribution in [3.63, 3.8) is 0 Å². The van der Waals surface area contributed by atoms with Crippen LogP contribution in [-0.4, -0.2) is 31.2 Å². The second-order valence-corrected chi connectivity index (χ2v) is 4.49. The highest BCUT2D eigenvalue weighted by Crippen LogP contribution is 2.11. The second-order valence-electron chi connectivity index (χ2n) is 4.49. The molecule has 0 bridgehead atoms. The van der Waals surface area contributed by atoms with Gasteiger partial charge in [-0.25, -0.2) is 4.79 Å². The van der Waals surface area contributed by atoms with Crippen molar-refractivity contribution >= 4 is 25.2 Å². The summed E-state index contributed by atoms with van der Waals surface area (Å²) in [7, 11) is 2.07. The Morgan fingerprint density at radius 2 is 1.88 bits per heavy atom. The fourth-order valence-electron chi connectivity index (χ4n) is 2.01. The molecule has 0 spiro atoms. The number of carbonyl (C=O) groups is 2. The molecule has 1 N–H and O–H groups in total. The van der Waals surface area contributed by atoms with E-state index in [0.717, 1.165) is 5.56 Å². The molecular formula is C12H15BN2O2. The molecular weight excluding hydrogens is 215 g/mol. The van der Waals surface area contributed by atoms with Crippen LogP contribution in [0.5, 0.6) is 0 Å². The van der Waals surface area contributed by atoms with Gasteiger partial charge < -0.3 is 5.32 Å². The minimum Gasteiger partial charge on any atom is -0.329 e. The molecule has 1 aliphatic rings. The van der Waals surface area contributed by atoms with Crippen LogP contribution < -0.4 is 10.8 Å². The Kier molecular flexibility index (Phi) is 2.92. The van der Waals surface area contributed by atoms with Crippen LogP contribution in [0.4, 0.5) is 4.79 Å². The zero-order chi connectivity index (χ0) is 12.6. The van der Waals surface area contributed by atoms with E-state index in [-0.39, 0.29) is 18.5 Å². The van der Waals surface area contributed by atoms with Crippen LogP contribution in [0.2, 0.25) is 0 Å². The Bertz CT molecular complexity index is 460. The molecule has 1 heterocycles. The van der Waals surface area contributed by atoms with E-state index in [4.69, 9.17) is 0 Å². The summed E-state index contributed by atoms with van der Waals surface area (Å²) in [5.74, 6) is -0.161. The first-order valence-corrected chi connectivity index (χ1v) is 5.64. The van der Waals surface area contributed by atoms with E-state index < -0.39 is 0 Å². The van der Waals surface area contributed by atoms with Gasteiger partial charge in [-0.1, -0.05) is 28.7 Å². The number of hydrogen-bond acceptors (Lipinski definition) is 2. The van der Waals surface area contributed by atoms with E-state index in [1.807, 2.05) is 26.0 Å². The summed E-state index contributed by atoms with van der Waals surface area (Å²) in [5, 5.41) is 2.52. The number of nitrogens with one attached hydrogen (secondary N) is 1. The third-order valence-corrected chi connectivity index (χ3v) is 3.26. The third kappa shape index (κ3) is 2.18. The molecule has 0 saturated carbocycles. The number of hydrogen-bond donors (Lipinski definition) is 1. The lowest BCUT2D eigenvalue weighted by molar-refractivity contribution is -0.125. The van der Waals surface area contributed by atoms with Gasteiger partial charge in [-0.15, -0.1) is 0 Å². The van der Waals surface area contributed by atoms with Crippen molar-refractivity contribution in [2.45, 2.75) is 20.4 Å². The number of nitrogens with zero attached hydrogens (tertiary/aromatic N) is 1. The van der Waals surface area contributed by atoms with Crippen molar-refractivity contribution in [3.05, 3.63) is 28.8 Å². The number of rotatable bonds is 2. The number of amides is 3. The minimum absolute atomic E-state index is 0.114. The lowest BCUT2D eigenvalue weighted by Gasteiger charge is -2.15. The van der Waals surface area contributed by atoms with Crippen molar-refractivity contribution in [3.8, 4) is 0 Å². The van der Waals surface area contributed by atoms with Gasteiger partial charge in [0.2, 0.25) is 5.91 Å². The van der Waals surface area contributed by atoms with E-state index in [0.29, 0.717) is 6.54 Å². The van der Waals surface area contributed by atoms with Gasteiger partial charge in [-0.3, -0.25) is 9.69 Å². The molecule has 1 aliphatic heterocycles. The van der Waals surface area contributed by atoms with Gasteiger partial charge in [-0.05, 0) is 19.4 Å². The molecule has 1 fully saturated rings. The van der Waals surface area contributed by atoms with Gasteiger partial charge in [0.15, 0.2) is 0 Å². The first kappa shape index (κ1) is 11.7. The van der Waals surface area contributed by atoms with Crippen LogP contribution in [0.25, 0.3) is 0 Å². The Morgan fingerprint density at radius 1 is 1.29 bits per heavy atom. The average Bonchev–Trinajstić information content (AvgIpc) is 2.57. The molecule has 1 aromatic carbocycles. The molecule has 0 aromatic heterocycles. The molecule has 17 heavy (non-hydrogen) atoms. The van der Waals surface area contributed by atoms with E-state index in [1.54, 1.807) is 0 Å². The first-order valence-electron chi connectivity index (χ1n) is 5.64. The second kappa shape index (κ2) is 4.24. The van der Waals surface area contributed by atoms with Gasteiger partial charge in [-0.2, -0.15) is 0 Å². The molecule has 0 aliphatic carbocycles. The average molecular weight is 230 g/mol. The van der Waals surface area contributed by atoms with E-state index in [2.05, 4.69) is 13.2 Å². The normalized spacial score (nSPS) is 15.3. The quantitative estimate of drug-likeness (QED) is 0.555. The molecule has 0 atom stereocenters. The van der Waals surface area contributed by atoms with Gasteiger partial charge in [0.05, 0.1) is 13.1 Å². The lowest BCUT2D eigenvalue weighted by atomic mass is 9.85. The molecule has 0 radical (unpaired) electrons. The number of benzene rings is 1. The van der Waals surface area contributed by atoms with Crippen molar-refractivity contribution in [2.24, 2.45) is 0 Å². The highest BCUT2D eigenvalue weighted by molar-refractivity contribution is 6.34. The summed E-state index contributed by atoms with van der Waals surface area (Å²) in [6, 6.07) is 3.76. The third-order valence-electron chi connectivity index (χ3n) is 3.26. The maximum Gasteiger partial charge on any atom is 0.324 e. The van der Waals surface area contributed by atoms with Gasteiger partial charge in [0.1, 0.15) is 7.85 Å². The van der Waals surface area contributed by atoms with Crippen LogP contribution in [0, 0.1) is 13.8 Å². The maximum atomic E-state index is 11.5. The fourth-order valence-corrected chi connectivity index (χ4v) is 2.01. The van der Waals surface area contributed by atoms with E-state index in [1.165, 1.54) is 21.5 Å². The number of urea groups is 1. The number of aryl methyl sites for hydroxylation is 2. The molecule has 1 aromatic rings. The minimum atomic E-state index is -0.300. The largest absolute Gasteiger partial charge is 0.329 e. The summed E-state index contributed by atoms with van der Waals surface area (Å²) in [6.45, 7) is 4.55. The van der Waals surface area contributed by atoms with Gasteiger partial charge in [0.25, 0.3) is 0 Å². The van der Waals surface area contributed by atoms with E-state index in [9.17, 15) is 9.59 Å². The smallest absolute Gasteiger partial charge is 0.324 e. The Labute approximate surface area is 101 Å². The highest BCUT2D eigenvalue weighted by atomic mass is 16.2. The molecule has 5 heteroatoms. The van der Waals surface area contributed by atoms with Crippen LogP contribution in [-0.2, 0) is 11.3 Å². The monoisotopic (exact) mass is 230 g/mol. The maximum absolute atomic E-state index is 11.5. The van der Waals surface area contributed by atoms with Gasteiger partial charge in [0, 0.05) is 0 Å². The zero-order valence-corrected chi connectivity index (χ0v) is 10.3. The predicted octanol–water partition coefficient (Wildman–Crippen LogP) is -0.386. The molecule has 3 amide bonds. The summed E-state index contributed by atoms with van der Waals surface area (Å²) in [6.07, 6.45) is 0. The zero-order valence-electron chi connectivity index (χ0n) is 10.3. The highest BCUT2D eigenvalue weighted by Gasteiger charge is 2.28. The van der Waals surface area contributed by atoms with Crippen LogP contribution in [0.1, 0.15) is 16.7 Å². The van der Waals surface area contributed by atoms with Crippen LogP contribution in [0.3, 0.4) is 0 Å². The predicted molar refractivity (Wildman–Crippen MR) is 68.0 cm³/mol. The summed E-state index contributed by atoms with van der Waals surface area (Å²) >= 11 is 0. The number of carbonyl (C=O) groups excluding carboxylic acids is 2. The summed E-state index contributed by atoms with van der Waals surface area (Å²) in [4.78, 5) is 24.1. The van der Waals surface area contributed by atoms with Crippen molar-refractivity contribution in [1.82, 2.24) is 10.2 Å².